The average molecular weight is 204 g/mol. The van der Waals surface area contributed by atoms with Crippen molar-refractivity contribution >= 4 is 0 Å². The van der Waals surface area contributed by atoms with Gasteiger partial charge in [0, 0.05) is 18.4 Å². The molecule has 0 spiro atoms. The summed E-state index contributed by atoms with van der Waals surface area (Å²) in [5.74, 6) is 1.04. The number of aromatic nitrogens is 1. The topological polar surface area (TPSA) is 24.9 Å². The Kier molecular flexibility index (Phi) is 3.73. The smallest absolute Gasteiger partial charge is 0.0270 e. The highest BCUT2D eigenvalue weighted by molar-refractivity contribution is 5.11. The van der Waals surface area contributed by atoms with Crippen molar-refractivity contribution in [1.29, 1.82) is 0 Å². The zero-order valence-electron chi connectivity index (χ0n) is 9.45. The van der Waals surface area contributed by atoms with Gasteiger partial charge in [-0.3, -0.25) is 4.98 Å². The third-order valence-corrected chi connectivity index (χ3v) is 3.26. The van der Waals surface area contributed by atoms with Gasteiger partial charge < -0.3 is 5.32 Å². The quantitative estimate of drug-likeness (QED) is 0.769. The van der Waals surface area contributed by atoms with Gasteiger partial charge in [0.25, 0.3) is 0 Å². The number of nitrogens with zero attached hydrogens (tertiary/aromatic N) is 1. The Labute approximate surface area is 92.1 Å². The molecule has 82 valence electrons. The Morgan fingerprint density at radius 2 is 2.13 bits per heavy atom. The van der Waals surface area contributed by atoms with E-state index in [9.17, 15) is 0 Å². The predicted molar refractivity (Wildman–Crippen MR) is 62.7 cm³/mol. The van der Waals surface area contributed by atoms with Crippen LogP contribution in [0.1, 0.15) is 31.2 Å². The van der Waals surface area contributed by atoms with Crippen molar-refractivity contribution in [3.8, 4) is 0 Å². The van der Waals surface area contributed by atoms with Gasteiger partial charge in [0.2, 0.25) is 0 Å². The fourth-order valence-corrected chi connectivity index (χ4v) is 2.00. The van der Waals surface area contributed by atoms with Gasteiger partial charge >= 0.3 is 0 Å². The molecule has 1 heterocycles. The summed E-state index contributed by atoms with van der Waals surface area (Å²) in [4.78, 5) is 4.04. The lowest BCUT2D eigenvalue weighted by molar-refractivity contribution is 0.485. The van der Waals surface area contributed by atoms with Gasteiger partial charge in [0.15, 0.2) is 0 Å². The van der Waals surface area contributed by atoms with Crippen LogP contribution in [0.5, 0.6) is 0 Å². The van der Waals surface area contributed by atoms with Crippen molar-refractivity contribution < 1.29 is 0 Å². The molecule has 1 aromatic rings. The Hall–Kier alpha value is -0.890. The molecule has 0 aliphatic heterocycles. The third kappa shape index (κ3) is 3.63. The normalized spacial score (nSPS) is 17.7. The first-order valence-electron chi connectivity index (χ1n) is 5.94. The molecule has 1 N–H and O–H groups in total. The Bertz CT molecular complexity index is 280. The summed E-state index contributed by atoms with van der Waals surface area (Å²) in [6, 6.07) is 4.86. The van der Waals surface area contributed by atoms with Gasteiger partial charge in [0.1, 0.15) is 0 Å². The second-order valence-corrected chi connectivity index (χ2v) is 4.57. The second kappa shape index (κ2) is 5.26. The van der Waals surface area contributed by atoms with E-state index in [2.05, 4.69) is 29.5 Å². The number of pyridine rings is 1. The lowest BCUT2D eigenvalue weighted by Crippen LogP contribution is -2.27. The van der Waals surface area contributed by atoms with Crippen LogP contribution in [-0.2, 0) is 6.42 Å². The number of rotatable bonds is 6. The first-order chi connectivity index (χ1) is 7.38. The van der Waals surface area contributed by atoms with E-state index in [1.54, 1.807) is 0 Å². The molecule has 2 rings (SSSR count). The van der Waals surface area contributed by atoms with Crippen LogP contribution in [0.25, 0.3) is 0 Å². The summed E-state index contributed by atoms with van der Waals surface area (Å²) >= 11 is 0. The molecule has 1 aliphatic carbocycles. The predicted octanol–water partition coefficient (Wildman–Crippen LogP) is 2.40. The van der Waals surface area contributed by atoms with E-state index in [-0.39, 0.29) is 0 Å². The summed E-state index contributed by atoms with van der Waals surface area (Å²) in [6.07, 6.45) is 10.5. The SMILES string of the molecule is CNC(CCC1CC1)Cc1ccncc1. The molecule has 1 aromatic heterocycles. The zero-order valence-corrected chi connectivity index (χ0v) is 9.45. The fourth-order valence-electron chi connectivity index (χ4n) is 2.00. The van der Waals surface area contributed by atoms with Crippen LogP contribution < -0.4 is 5.32 Å². The van der Waals surface area contributed by atoms with E-state index in [0.717, 1.165) is 12.3 Å². The van der Waals surface area contributed by atoms with Crippen LogP contribution in [0.3, 0.4) is 0 Å². The minimum atomic E-state index is 0.632. The van der Waals surface area contributed by atoms with E-state index in [1.165, 1.54) is 31.2 Å². The first-order valence-corrected chi connectivity index (χ1v) is 5.94. The summed E-state index contributed by atoms with van der Waals surface area (Å²) in [6.45, 7) is 0. The summed E-state index contributed by atoms with van der Waals surface area (Å²) in [5.41, 5.74) is 1.39. The van der Waals surface area contributed by atoms with Crippen molar-refractivity contribution in [2.24, 2.45) is 5.92 Å². The molecule has 1 unspecified atom stereocenters. The molecule has 1 saturated carbocycles. The number of hydrogen-bond acceptors (Lipinski definition) is 2. The van der Waals surface area contributed by atoms with Crippen molar-refractivity contribution in [2.75, 3.05) is 7.05 Å². The largest absolute Gasteiger partial charge is 0.317 e. The Morgan fingerprint density at radius 3 is 2.73 bits per heavy atom. The minimum Gasteiger partial charge on any atom is -0.317 e. The maximum atomic E-state index is 4.04. The van der Waals surface area contributed by atoms with Crippen LogP contribution in [0.15, 0.2) is 24.5 Å². The number of likely N-dealkylation sites (N-methyl/N-ethyl adjacent to an activating group) is 1. The monoisotopic (exact) mass is 204 g/mol. The van der Waals surface area contributed by atoms with Gasteiger partial charge in [0.05, 0.1) is 0 Å². The molecule has 0 saturated heterocycles. The van der Waals surface area contributed by atoms with Gasteiger partial charge in [-0.05, 0) is 49.9 Å². The van der Waals surface area contributed by atoms with Gasteiger partial charge in [-0.2, -0.15) is 0 Å². The van der Waals surface area contributed by atoms with Crippen LogP contribution >= 0.6 is 0 Å². The van der Waals surface area contributed by atoms with Gasteiger partial charge in [-0.1, -0.05) is 12.8 Å². The molecule has 2 nitrogen and oxygen atoms in total. The molecule has 0 radical (unpaired) electrons. The summed E-state index contributed by atoms with van der Waals surface area (Å²) < 4.78 is 0. The molecule has 1 aliphatic rings. The van der Waals surface area contributed by atoms with E-state index in [0.29, 0.717) is 6.04 Å². The second-order valence-electron chi connectivity index (χ2n) is 4.57. The first kappa shape index (κ1) is 10.6. The zero-order chi connectivity index (χ0) is 10.5. The molecular weight excluding hydrogens is 184 g/mol. The van der Waals surface area contributed by atoms with E-state index in [4.69, 9.17) is 0 Å². The Balaban J connectivity index is 1.78. The van der Waals surface area contributed by atoms with E-state index < -0.39 is 0 Å². The van der Waals surface area contributed by atoms with Crippen LogP contribution in [0, 0.1) is 5.92 Å². The highest BCUT2D eigenvalue weighted by Crippen LogP contribution is 2.34. The standard InChI is InChI=1S/C13H20N2/c1-14-13(5-4-11-2-3-11)10-12-6-8-15-9-7-12/h6-9,11,13-14H,2-5,10H2,1H3. The minimum absolute atomic E-state index is 0.632. The highest BCUT2D eigenvalue weighted by Gasteiger charge is 2.22. The molecule has 0 aromatic carbocycles. The van der Waals surface area contributed by atoms with Crippen molar-refractivity contribution in [3.05, 3.63) is 30.1 Å². The highest BCUT2D eigenvalue weighted by atomic mass is 14.9. The maximum Gasteiger partial charge on any atom is 0.0270 e. The lowest BCUT2D eigenvalue weighted by atomic mass is 10.0. The molecule has 2 heteroatoms. The molecule has 0 bridgehead atoms. The molecule has 1 atom stereocenters. The summed E-state index contributed by atoms with van der Waals surface area (Å²) in [5, 5.41) is 3.41. The molecule has 15 heavy (non-hydrogen) atoms. The molecule has 1 fully saturated rings. The van der Waals surface area contributed by atoms with Gasteiger partial charge in [-0.15, -0.1) is 0 Å². The maximum absolute atomic E-state index is 4.04. The lowest BCUT2D eigenvalue weighted by Gasteiger charge is -2.15. The van der Waals surface area contributed by atoms with Crippen LogP contribution in [0.4, 0.5) is 0 Å². The van der Waals surface area contributed by atoms with E-state index >= 15 is 0 Å². The average Bonchev–Trinajstić information content (AvgIpc) is 3.09. The summed E-state index contributed by atoms with van der Waals surface area (Å²) in [7, 11) is 2.07. The van der Waals surface area contributed by atoms with E-state index in [1.807, 2.05) is 12.4 Å². The van der Waals surface area contributed by atoms with Crippen LogP contribution in [0.2, 0.25) is 0 Å². The molecule has 0 amide bonds. The van der Waals surface area contributed by atoms with Crippen molar-refractivity contribution in [2.45, 2.75) is 38.1 Å². The number of hydrogen-bond donors (Lipinski definition) is 1. The van der Waals surface area contributed by atoms with Crippen molar-refractivity contribution in [1.82, 2.24) is 10.3 Å². The number of nitrogens with one attached hydrogen (secondary N) is 1. The Morgan fingerprint density at radius 1 is 1.40 bits per heavy atom. The fraction of sp³-hybridized carbons (Fsp3) is 0.615. The van der Waals surface area contributed by atoms with Crippen molar-refractivity contribution in [3.63, 3.8) is 0 Å². The molecular formula is C13H20N2. The van der Waals surface area contributed by atoms with Gasteiger partial charge in [-0.25, -0.2) is 0 Å². The van der Waals surface area contributed by atoms with Crippen LogP contribution in [-0.4, -0.2) is 18.1 Å². The third-order valence-electron chi connectivity index (χ3n) is 3.26.